The molecule has 0 radical (unpaired) electrons. The molecule has 0 saturated heterocycles. The summed E-state index contributed by atoms with van der Waals surface area (Å²) in [5.74, 6) is 2.40. The number of hydrogen-bond donors (Lipinski definition) is 2. The van der Waals surface area contributed by atoms with Crippen LogP contribution < -0.4 is 20.1 Å². The Hall–Kier alpha value is -2.34. The van der Waals surface area contributed by atoms with Gasteiger partial charge in [0.1, 0.15) is 17.3 Å². The lowest BCUT2D eigenvalue weighted by Gasteiger charge is -2.14. The van der Waals surface area contributed by atoms with E-state index in [1.165, 1.54) is 0 Å². The highest BCUT2D eigenvalue weighted by molar-refractivity contribution is 7.80. The first-order chi connectivity index (χ1) is 11.7. The van der Waals surface area contributed by atoms with E-state index in [9.17, 15) is 0 Å². The predicted octanol–water partition coefficient (Wildman–Crippen LogP) is 3.19. The molecule has 1 aromatic carbocycles. The van der Waals surface area contributed by atoms with Gasteiger partial charge >= 0.3 is 0 Å². The van der Waals surface area contributed by atoms with Gasteiger partial charge in [0.15, 0.2) is 5.11 Å². The van der Waals surface area contributed by atoms with Gasteiger partial charge < -0.3 is 20.1 Å². The van der Waals surface area contributed by atoms with Crippen LogP contribution in [0, 0.1) is 0 Å². The molecule has 2 N–H and O–H groups in total. The molecule has 128 valence electrons. The van der Waals surface area contributed by atoms with Crippen molar-refractivity contribution in [2.45, 2.75) is 19.8 Å². The third kappa shape index (κ3) is 4.83. The molecule has 6 heteroatoms. The highest BCUT2D eigenvalue weighted by atomic mass is 32.1. The van der Waals surface area contributed by atoms with Gasteiger partial charge in [0.05, 0.1) is 14.2 Å². The summed E-state index contributed by atoms with van der Waals surface area (Å²) in [4.78, 5) is 4.33. The van der Waals surface area contributed by atoms with E-state index in [0.717, 1.165) is 41.3 Å². The Labute approximate surface area is 148 Å². The topological polar surface area (TPSA) is 55.4 Å². The number of rotatable bonds is 7. The number of aromatic nitrogens is 1. The van der Waals surface area contributed by atoms with Crippen molar-refractivity contribution >= 4 is 23.1 Å². The Morgan fingerprint density at radius 1 is 1.17 bits per heavy atom. The van der Waals surface area contributed by atoms with Gasteiger partial charge in [-0.15, -0.1) is 0 Å². The van der Waals surface area contributed by atoms with Crippen molar-refractivity contribution in [1.29, 1.82) is 0 Å². The molecule has 0 fully saturated rings. The Kier molecular flexibility index (Phi) is 6.81. The summed E-state index contributed by atoms with van der Waals surface area (Å²) in [6.07, 6.45) is 3.45. The molecule has 2 aromatic rings. The van der Waals surface area contributed by atoms with E-state index in [2.05, 4.69) is 22.5 Å². The Bertz CT molecular complexity index is 692. The Balaban J connectivity index is 1.89. The van der Waals surface area contributed by atoms with Crippen molar-refractivity contribution in [3.05, 3.63) is 47.7 Å². The van der Waals surface area contributed by atoms with Gasteiger partial charge in [-0.3, -0.25) is 0 Å². The van der Waals surface area contributed by atoms with E-state index < -0.39 is 0 Å². The largest absolute Gasteiger partial charge is 0.497 e. The standard InChI is InChI=1S/C18H23N3O2S/c1-4-13-6-5-10-19-17(13)21-18(24)20-11-9-14-7-8-15(22-2)12-16(14)23-3/h5-8,10,12H,4,9,11H2,1-3H3,(H2,19,20,21,24). The number of ether oxygens (including phenoxy) is 2. The molecule has 24 heavy (non-hydrogen) atoms. The zero-order valence-electron chi connectivity index (χ0n) is 14.3. The maximum Gasteiger partial charge on any atom is 0.171 e. The maximum absolute atomic E-state index is 5.41. The minimum absolute atomic E-state index is 0.566. The molecule has 0 amide bonds. The van der Waals surface area contributed by atoms with Gasteiger partial charge in [-0.1, -0.05) is 19.1 Å². The summed E-state index contributed by atoms with van der Waals surface area (Å²) >= 11 is 5.35. The Morgan fingerprint density at radius 3 is 2.71 bits per heavy atom. The number of anilines is 1. The summed E-state index contributed by atoms with van der Waals surface area (Å²) in [6, 6.07) is 9.78. The van der Waals surface area contributed by atoms with Crippen LogP contribution in [-0.2, 0) is 12.8 Å². The fourth-order valence-corrected chi connectivity index (χ4v) is 2.56. The summed E-state index contributed by atoms with van der Waals surface area (Å²) in [6.45, 7) is 2.79. The molecule has 0 spiro atoms. The zero-order valence-corrected chi connectivity index (χ0v) is 15.1. The van der Waals surface area contributed by atoms with E-state index in [1.54, 1.807) is 20.4 Å². The minimum Gasteiger partial charge on any atom is -0.497 e. The van der Waals surface area contributed by atoms with Crippen LogP contribution >= 0.6 is 12.2 Å². The maximum atomic E-state index is 5.41. The molecule has 2 rings (SSSR count). The van der Waals surface area contributed by atoms with Crippen LogP contribution in [0.3, 0.4) is 0 Å². The van der Waals surface area contributed by atoms with Gasteiger partial charge in [-0.2, -0.15) is 0 Å². The molecule has 0 aliphatic heterocycles. The van der Waals surface area contributed by atoms with Crippen LogP contribution in [0.4, 0.5) is 5.82 Å². The highest BCUT2D eigenvalue weighted by Gasteiger charge is 2.06. The summed E-state index contributed by atoms with van der Waals surface area (Å²) in [5.41, 5.74) is 2.24. The van der Waals surface area contributed by atoms with Crippen LogP contribution in [0.2, 0.25) is 0 Å². The van der Waals surface area contributed by atoms with E-state index in [4.69, 9.17) is 21.7 Å². The fraction of sp³-hybridized carbons (Fsp3) is 0.333. The normalized spacial score (nSPS) is 10.1. The summed E-state index contributed by atoms with van der Waals surface area (Å²) in [5, 5.41) is 6.92. The molecule has 0 atom stereocenters. The number of methoxy groups -OCH3 is 2. The van der Waals surface area contributed by atoms with Crippen molar-refractivity contribution in [2.75, 3.05) is 26.1 Å². The van der Waals surface area contributed by atoms with Crippen molar-refractivity contribution in [2.24, 2.45) is 0 Å². The first-order valence-electron chi connectivity index (χ1n) is 7.87. The van der Waals surface area contributed by atoms with Crippen LogP contribution in [0.15, 0.2) is 36.5 Å². The molecule has 0 saturated carbocycles. The molecular weight excluding hydrogens is 322 g/mol. The molecule has 1 heterocycles. The van der Waals surface area contributed by atoms with Crippen molar-refractivity contribution in [3.63, 3.8) is 0 Å². The molecular formula is C18H23N3O2S. The van der Waals surface area contributed by atoms with Crippen molar-refractivity contribution in [3.8, 4) is 11.5 Å². The number of aryl methyl sites for hydroxylation is 1. The Morgan fingerprint density at radius 2 is 2.00 bits per heavy atom. The predicted molar refractivity (Wildman–Crippen MR) is 101 cm³/mol. The number of nitrogens with one attached hydrogen (secondary N) is 2. The van der Waals surface area contributed by atoms with Crippen LogP contribution in [-0.4, -0.2) is 30.9 Å². The van der Waals surface area contributed by atoms with Gasteiger partial charge in [0.2, 0.25) is 0 Å². The lowest BCUT2D eigenvalue weighted by atomic mass is 10.1. The summed E-state index contributed by atoms with van der Waals surface area (Å²) < 4.78 is 10.6. The number of hydrogen-bond acceptors (Lipinski definition) is 4. The van der Waals surface area contributed by atoms with Crippen LogP contribution in [0.5, 0.6) is 11.5 Å². The molecule has 0 aliphatic rings. The second-order valence-corrected chi connectivity index (χ2v) is 5.58. The average Bonchev–Trinajstić information content (AvgIpc) is 2.62. The number of nitrogens with zero attached hydrogens (tertiary/aromatic N) is 1. The first-order valence-corrected chi connectivity index (χ1v) is 8.28. The number of benzene rings is 1. The van der Waals surface area contributed by atoms with E-state index >= 15 is 0 Å². The zero-order chi connectivity index (χ0) is 17.4. The quantitative estimate of drug-likeness (QED) is 0.752. The SMILES string of the molecule is CCc1cccnc1NC(=S)NCCc1ccc(OC)cc1OC. The first kappa shape index (κ1) is 18.0. The molecule has 0 aliphatic carbocycles. The minimum atomic E-state index is 0.566. The second-order valence-electron chi connectivity index (χ2n) is 5.17. The molecule has 1 aromatic heterocycles. The van der Waals surface area contributed by atoms with E-state index in [-0.39, 0.29) is 0 Å². The number of pyridine rings is 1. The smallest absolute Gasteiger partial charge is 0.171 e. The van der Waals surface area contributed by atoms with E-state index in [0.29, 0.717) is 11.7 Å². The molecule has 0 unspecified atom stereocenters. The van der Waals surface area contributed by atoms with Gasteiger partial charge in [-0.05, 0) is 48.3 Å². The lowest BCUT2D eigenvalue weighted by Crippen LogP contribution is -2.31. The fourth-order valence-electron chi connectivity index (χ4n) is 2.36. The monoisotopic (exact) mass is 345 g/mol. The summed E-state index contributed by atoms with van der Waals surface area (Å²) in [7, 11) is 3.30. The average molecular weight is 345 g/mol. The van der Waals surface area contributed by atoms with Gasteiger partial charge in [0, 0.05) is 18.8 Å². The third-order valence-corrected chi connectivity index (χ3v) is 3.92. The second kappa shape index (κ2) is 9.08. The van der Waals surface area contributed by atoms with Crippen molar-refractivity contribution < 1.29 is 9.47 Å². The third-order valence-electron chi connectivity index (χ3n) is 3.68. The van der Waals surface area contributed by atoms with Crippen molar-refractivity contribution in [1.82, 2.24) is 10.3 Å². The molecule has 5 nitrogen and oxygen atoms in total. The van der Waals surface area contributed by atoms with Gasteiger partial charge in [0.25, 0.3) is 0 Å². The molecule has 0 bridgehead atoms. The lowest BCUT2D eigenvalue weighted by molar-refractivity contribution is 0.391. The van der Waals surface area contributed by atoms with E-state index in [1.807, 2.05) is 30.3 Å². The van der Waals surface area contributed by atoms with Gasteiger partial charge in [-0.25, -0.2) is 4.98 Å². The van der Waals surface area contributed by atoms with Crippen LogP contribution in [0.25, 0.3) is 0 Å². The number of thiocarbonyl (C=S) groups is 1. The van der Waals surface area contributed by atoms with Crippen LogP contribution in [0.1, 0.15) is 18.1 Å². The highest BCUT2D eigenvalue weighted by Crippen LogP contribution is 2.24.